The summed E-state index contributed by atoms with van der Waals surface area (Å²) in [4.78, 5) is 15.1. The summed E-state index contributed by atoms with van der Waals surface area (Å²) in [7, 11) is 0. The summed E-state index contributed by atoms with van der Waals surface area (Å²) >= 11 is 0. The molecule has 0 spiro atoms. The predicted molar refractivity (Wildman–Crippen MR) is 67.8 cm³/mol. The van der Waals surface area contributed by atoms with Crippen molar-refractivity contribution in [1.29, 1.82) is 0 Å². The lowest BCUT2D eigenvalue weighted by Gasteiger charge is -2.12. The number of carbonyl (C=O) groups is 1. The van der Waals surface area contributed by atoms with E-state index in [4.69, 9.17) is 5.11 Å². The lowest BCUT2D eigenvalue weighted by molar-refractivity contribution is 0.0696. The van der Waals surface area contributed by atoms with E-state index in [-0.39, 0.29) is 11.5 Å². The Morgan fingerprint density at radius 2 is 2.21 bits per heavy atom. The Kier molecular flexibility index (Phi) is 2.78. The summed E-state index contributed by atoms with van der Waals surface area (Å²) in [5.74, 6) is -1.65. The van der Waals surface area contributed by atoms with Crippen LogP contribution in [0.5, 0.6) is 0 Å². The van der Waals surface area contributed by atoms with Gasteiger partial charge in [0, 0.05) is 12.1 Å². The minimum atomic E-state index is -1.12. The van der Waals surface area contributed by atoms with Gasteiger partial charge in [-0.15, -0.1) is 0 Å². The number of benzene rings is 1. The molecule has 0 fully saturated rings. The van der Waals surface area contributed by atoms with Crippen molar-refractivity contribution >= 4 is 5.97 Å². The first-order chi connectivity index (χ1) is 9.16. The zero-order chi connectivity index (χ0) is 13.4. The number of fused-ring (bicyclic) bond motifs is 1. The van der Waals surface area contributed by atoms with Gasteiger partial charge < -0.3 is 5.11 Å². The van der Waals surface area contributed by atoms with Crippen LogP contribution in [-0.2, 0) is 6.42 Å². The number of rotatable bonds is 2. The highest BCUT2D eigenvalue weighted by molar-refractivity contribution is 5.87. The summed E-state index contributed by atoms with van der Waals surface area (Å²) in [5.41, 5.74) is 2.56. The third kappa shape index (κ3) is 1.99. The van der Waals surface area contributed by atoms with Crippen LogP contribution in [0, 0.1) is 5.82 Å². The third-order valence-electron chi connectivity index (χ3n) is 3.58. The number of nitrogens with zero attached hydrogens (tertiary/aromatic N) is 1. The number of carboxylic acid groups (broad SMARTS) is 1. The van der Waals surface area contributed by atoms with E-state index in [0.29, 0.717) is 5.56 Å². The van der Waals surface area contributed by atoms with Crippen LogP contribution < -0.4 is 0 Å². The van der Waals surface area contributed by atoms with Crippen LogP contribution in [-0.4, -0.2) is 16.1 Å². The van der Waals surface area contributed by atoms with Gasteiger partial charge in [0.1, 0.15) is 5.82 Å². The average Bonchev–Trinajstić information content (AvgIpc) is 2.82. The molecule has 0 bridgehead atoms. The maximum atomic E-state index is 14.1. The lowest BCUT2D eigenvalue weighted by atomic mass is 9.95. The number of carboxylic acids is 1. The molecule has 1 atom stereocenters. The summed E-state index contributed by atoms with van der Waals surface area (Å²) < 4.78 is 14.1. The number of aryl methyl sites for hydroxylation is 1. The number of hydrogen-bond donors (Lipinski definition) is 1. The minimum Gasteiger partial charge on any atom is -0.478 e. The first-order valence-corrected chi connectivity index (χ1v) is 6.13. The van der Waals surface area contributed by atoms with E-state index < -0.39 is 11.8 Å². The molecular weight excluding hydrogens is 245 g/mol. The highest BCUT2D eigenvalue weighted by atomic mass is 19.1. The lowest BCUT2D eigenvalue weighted by Crippen LogP contribution is -2.04. The van der Waals surface area contributed by atoms with Gasteiger partial charge in [-0.2, -0.15) is 0 Å². The van der Waals surface area contributed by atoms with Gasteiger partial charge in [0.05, 0.1) is 11.3 Å². The minimum absolute atomic E-state index is 0.0273. The fourth-order valence-corrected chi connectivity index (χ4v) is 2.66. The zero-order valence-corrected chi connectivity index (χ0v) is 10.1. The van der Waals surface area contributed by atoms with Gasteiger partial charge in [-0.05, 0) is 42.2 Å². The molecule has 1 unspecified atom stereocenters. The van der Waals surface area contributed by atoms with E-state index in [0.717, 1.165) is 30.2 Å². The van der Waals surface area contributed by atoms with Crippen molar-refractivity contribution in [3.63, 3.8) is 0 Å². The Morgan fingerprint density at radius 3 is 2.95 bits per heavy atom. The van der Waals surface area contributed by atoms with Gasteiger partial charge in [0.15, 0.2) is 0 Å². The summed E-state index contributed by atoms with van der Waals surface area (Å²) in [5, 5.41) is 8.84. The molecule has 1 aromatic carbocycles. The van der Waals surface area contributed by atoms with Crippen molar-refractivity contribution in [2.24, 2.45) is 0 Å². The third-order valence-corrected chi connectivity index (χ3v) is 3.58. The molecule has 1 aromatic heterocycles. The fourth-order valence-electron chi connectivity index (χ4n) is 2.66. The summed E-state index contributed by atoms with van der Waals surface area (Å²) in [6.45, 7) is 0. The number of aromatic nitrogens is 1. The average molecular weight is 257 g/mol. The molecule has 3 nitrogen and oxygen atoms in total. The van der Waals surface area contributed by atoms with E-state index in [1.807, 2.05) is 12.1 Å². The van der Waals surface area contributed by atoms with Crippen molar-refractivity contribution in [2.75, 3.05) is 0 Å². The topological polar surface area (TPSA) is 50.2 Å². The van der Waals surface area contributed by atoms with E-state index in [9.17, 15) is 9.18 Å². The van der Waals surface area contributed by atoms with Crippen LogP contribution >= 0.6 is 0 Å². The maximum absolute atomic E-state index is 14.1. The van der Waals surface area contributed by atoms with Crippen LogP contribution in [0.3, 0.4) is 0 Å². The van der Waals surface area contributed by atoms with Crippen molar-refractivity contribution < 1.29 is 14.3 Å². The Morgan fingerprint density at radius 1 is 1.37 bits per heavy atom. The Labute approximate surface area is 109 Å². The second-order valence-electron chi connectivity index (χ2n) is 4.68. The molecular formula is C15H12FNO2. The second kappa shape index (κ2) is 4.46. The molecule has 0 saturated heterocycles. The zero-order valence-electron chi connectivity index (χ0n) is 10.1. The van der Waals surface area contributed by atoms with E-state index in [2.05, 4.69) is 4.98 Å². The van der Waals surface area contributed by atoms with E-state index >= 15 is 0 Å². The monoisotopic (exact) mass is 257 g/mol. The second-order valence-corrected chi connectivity index (χ2v) is 4.68. The largest absolute Gasteiger partial charge is 0.478 e. The molecule has 1 aliphatic carbocycles. The van der Waals surface area contributed by atoms with E-state index in [1.54, 1.807) is 12.3 Å². The highest BCUT2D eigenvalue weighted by Gasteiger charge is 2.27. The van der Waals surface area contributed by atoms with Crippen LogP contribution in [0.2, 0.25) is 0 Å². The molecule has 0 aliphatic heterocycles. The maximum Gasteiger partial charge on any atom is 0.335 e. The van der Waals surface area contributed by atoms with Gasteiger partial charge in [-0.25, -0.2) is 9.18 Å². The van der Waals surface area contributed by atoms with Crippen LogP contribution in [0.25, 0.3) is 0 Å². The summed E-state index contributed by atoms with van der Waals surface area (Å²) in [6.07, 6.45) is 3.41. The number of aromatic carboxylic acids is 1. The molecule has 2 aromatic rings. The fraction of sp³-hybridized carbons (Fsp3) is 0.200. The molecule has 0 radical (unpaired) electrons. The quantitative estimate of drug-likeness (QED) is 0.899. The van der Waals surface area contributed by atoms with Gasteiger partial charge in [-0.3, -0.25) is 4.98 Å². The molecule has 1 heterocycles. The number of halogens is 1. The number of hydrogen-bond acceptors (Lipinski definition) is 2. The summed E-state index contributed by atoms with van der Waals surface area (Å²) in [6, 6.07) is 7.98. The van der Waals surface area contributed by atoms with Gasteiger partial charge in [-0.1, -0.05) is 12.1 Å². The van der Waals surface area contributed by atoms with Crippen molar-refractivity contribution in [3.05, 3.63) is 64.7 Å². The van der Waals surface area contributed by atoms with Crippen molar-refractivity contribution in [1.82, 2.24) is 4.98 Å². The van der Waals surface area contributed by atoms with Crippen LogP contribution in [0.15, 0.2) is 36.5 Å². The first-order valence-electron chi connectivity index (χ1n) is 6.13. The molecule has 3 rings (SSSR count). The van der Waals surface area contributed by atoms with Gasteiger partial charge in [0.25, 0.3) is 0 Å². The Hall–Kier alpha value is -2.23. The molecule has 0 saturated carbocycles. The van der Waals surface area contributed by atoms with Crippen molar-refractivity contribution in [3.8, 4) is 0 Å². The normalized spacial score (nSPS) is 17.2. The Bertz CT molecular complexity index is 654. The predicted octanol–water partition coefficient (Wildman–Crippen LogP) is 3.00. The van der Waals surface area contributed by atoms with Crippen LogP contribution in [0.1, 0.15) is 39.5 Å². The van der Waals surface area contributed by atoms with E-state index in [1.165, 1.54) is 6.07 Å². The number of pyridine rings is 1. The van der Waals surface area contributed by atoms with Crippen LogP contribution in [0.4, 0.5) is 4.39 Å². The molecule has 96 valence electrons. The molecule has 1 aliphatic rings. The van der Waals surface area contributed by atoms with Crippen molar-refractivity contribution in [2.45, 2.75) is 18.8 Å². The molecule has 1 N–H and O–H groups in total. The molecule has 4 heteroatoms. The molecule has 19 heavy (non-hydrogen) atoms. The molecule has 0 amide bonds. The van der Waals surface area contributed by atoms with Gasteiger partial charge in [0.2, 0.25) is 0 Å². The Balaban J connectivity index is 2.03. The SMILES string of the molecule is O=C(O)c1ccc(C2CCc3cccnc32)c(F)c1. The first kappa shape index (κ1) is 11.8. The smallest absolute Gasteiger partial charge is 0.335 e. The standard InChI is InChI=1S/C15H12FNO2/c16-13-8-10(15(18)19)4-5-11(13)12-6-3-9-2-1-7-17-14(9)12/h1-2,4-5,7-8,12H,3,6H2,(H,18,19). The highest BCUT2D eigenvalue weighted by Crippen LogP contribution is 2.37. The van der Waals surface area contributed by atoms with Gasteiger partial charge >= 0.3 is 5.97 Å².